The molecule has 0 fully saturated rings. The number of fused-ring (bicyclic) bond motifs is 3. The van der Waals surface area contributed by atoms with Crippen molar-refractivity contribution in [1.82, 2.24) is 0 Å². The molecule has 0 aliphatic carbocycles. The van der Waals surface area contributed by atoms with E-state index < -0.39 is 0 Å². The van der Waals surface area contributed by atoms with Crippen molar-refractivity contribution in [3.8, 4) is 23.0 Å². The second-order valence-electron chi connectivity index (χ2n) is 12.9. The zero-order valence-corrected chi connectivity index (χ0v) is 34.6. The van der Waals surface area contributed by atoms with Crippen LogP contribution in [0.2, 0.25) is 0 Å². The third-order valence-electron chi connectivity index (χ3n) is 8.72. The van der Waals surface area contributed by atoms with Gasteiger partial charge >= 0.3 is 0 Å². The largest absolute Gasteiger partial charge is 0.487 e. The van der Waals surface area contributed by atoms with Crippen LogP contribution in [0.15, 0.2) is 94.7 Å². The highest BCUT2D eigenvalue weighted by Gasteiger charge is 2.16. The van der Waals surface area contributed by atoms with Crippen LogP contribution in [0.4, 0.5) is 0 Å². The summed E-state index contributed by atoms with van der Waals surface area (Å²) in [6.45, 7) is 8.38. The van der Waals surface area contributed by atoms with Gasteiger partial charge in [-0.2, -0.15) is 0 Å². The van der Waals surface area contributed by atoms with Gasteiger partial charge in [-0.25, -0.2) is 0 Å². The van der Waals surface area contributed by atoms with Crippen molar-refractivity contribution in [2.24, 2.45) is 0 Å². The Bertz CT molecular complexity index is 1520. The monoisotopic (exact) mass is 838 g/mol. The van der Waals surface area contributed by atoms with Gasteiger partial charge in [0.15, 0.2) is 23.0 Å². The van der Waals surface area contributed by atoms with E-state index in [2.05, 4.69) is 24.3 Å². The topological polar surface area (TPSA) is 111 Å². The van der Waals surface area contributed by atoms with Gasteiger partial charge in [0.05, 0.1) is 106 Å². The van der Waals surface area contributed by atoms with Crippen LogP contribution in [0.25, 0.3) is 0 Å². The van der Waals surface area contributed by atoms with Crippen molar-refractivity contribution in [1.29, 1.82) is 0 Å². The summed E-state index contributed by atoms with van der Waals surface area (Å²) in [7, 11) is 3.37. The lowest BCUT2D eigenvalue weighted by molar-refractivity contribution is 0.0250. The molecule has 0 aromatic heterocycles. The van der Waals surface area contributed by atoms with Gasteiger partial charge in [0.2, 0.25) is 0 Å². The molecule has 0 N–H and O–H groups in total. The van der Waals surface area contributed by atoms with Crippen LogP contribution >= 0.6 is 21.6 Å². The lowest BCUT2D eigenvalue weighted by Crippen LogP contribution is -2.13. The zero-order valence-electron chi connectivity index (χ0n) is 32.9. The minimum atomic E-state index is 0.388. The van der Waals surface area contributed by atoms with Crippen LogP contribution in [0.1, 0.15) is 22.3 Å². The molecule has 0 saturated carbocycles. The molecule has 6 rings (SSSR count). The van der Waals surface area contributed by atoms with E-state index in [1.807, 2.05) is 60.7 Å². The van der Waals surface area contributed by atoms with E-state index in [0.29, 0.717) is 155 Å². The Hall–Kier alpha value is -3.54. The average molecular weight is 839 g/mol. The van der Waals surface area contributed by atoms with Gasteiger partial charge in [0.1, 0.15) is 26.4 Å². The first-order valence-electron chi connectivity index (χ1n) is 19.7. The van der Waals surface area contributed by atoms with Crippen molar-refractivity contribution in [3.05, 3.63) is 107 Å². The van der Waals surface area contributed by atoms with Crippen molar-refractivity contribution >= 4 is 21.6 Å². The number of para-hydroxylation sites is 4. The van der Waals surface area contributed by atoms with Gasteiger partial charge in [-0.1, -0.05) is 82.3 Å². The summed E-state index contributed by atoms with van der Waals surface area (Å²) >= 11 is 0. The van der Waals surface area contributed by atoms with E-state index in [1.54, 1.807) is 21.6 Å². The summed E-state index contributed by atoms with van der Waals surface area (Å²) in [6.07, 6.45) is 0. The Morgan fingerprint density at radius 2 is 0.500 bits per heavy atom. The third kappa shape index (κ3) is 15.2. The van der Waals surface area contributed by atoms with Crippen molar-refractivity contribution in [2.75, 3.05) is 106 Å². The van der Waals surface area contributed by atoms with Crippen LogP contribution in [-0.4, -0.2) is 106 Å². The van der Waals surface area contributed by atoms with E-state index in [0.717, 1.165) is 32.0 Å². The van der Waals surface area contributed by atoms with Crippen LogP contribution in [0.3, 0.4) is 0 Å². The summed E-state index contributed by atoms with van der Waals surface area (Å²) in [4.78, 5) is 2.18. The molecule has 14 heteroatoms. The Balaban J connectivity index is 1.16. The van der Waals surface area contributed by atoms with E-state index in [4.69, 9.17) is 56.8 Å². The molecule has 2 aliphatic heterocycles. The molecule has 314 valence electrons. The molecular weight excluding hydrogens is 785 g/mol. The van der Waals surface area contributed by atoms with E-state index in [9.17, 15) is 0 Å². The Labute approximate surface area is 349 Å². The average Bonchev–Trinajstić information content (AvgIpc) is 3.24. The zero-order chi connectivity index (χ0) is 39.7. The SMILES string of the molecule is c1cc2c3c(c1)COCCOCCOc1ccccc1OCCOCCOCc1cccc(c1SS3)COCCOCCOc1ccccc1OCCOCCOC2. The van der Waals surface area contributed by atoms with E-state index in [-0.39, 0.29) is 0 Å². The van der Waals surface area contributed by atoms with Gasteiger partial charge in [-0.15, -0.1) is 0 Å². The fourth-order valence-electron chi connectivity index (χ4n) is 5.86. The fourth-order valence-corrected chi connectivity index (χ4v) is 8.74. The van der Waals surface area contributed by atoms with Gasteiger partial charge in [-0.3, -0.25) is 0 Å². The lowest BCUT2D eigenvalue weighted by Gasteiger charge is -2.18. The summed E-state index contributed by atoms with van der Waals surface area (Å²) < 4.78 is 71.8. The fraction of sp³-hybridized carbons (Fsp3) is 0.455. The maximum Gasteiger partial charge on any atom is 0.161 e. The van der Waals surface area contributed by atoms with E-state index >= 15 is 0 Å². The van der Waals surface area contributed by atoms with Gasteiger partial charge in [0.25, 0.3) is 0 Å². The number of benzene rings is 4. The molecule has 0 radical (unpaired) electrons. The minimum absolute atomic E-state index is 0.388. The lowest BCUT2D eigenvalue weighted by atomic mass is 10.1. The second-order valence-corrected chi connectivity index (χ2v) is 15.1. The molecule has 58 heavy (non-hydrogen) atoms. The van der Waals surface area contributed by atoms with Crippen LogP contribution < -0.4 is 18.9 Å². The number of rotatable bonds is 0. The molecule has 4 aromatic carbocycles. The molecule has 2 aliphatic rings. The predicted octanol–water partition coefficient (Wildman–Crippen LogP) is 7.56. The highest BCUT2D eigenvalue weighted by Crippen LogP contribution is 2.44. The second kappa shape index (κ2) is 26.5. The molecule has 0 amide bonds. The van der Waals surface area contributed by atoms with Gasteiger partial charge < -0.3 is 56.8 Å². The van der Waals surface area contributed by atoms with Crippen molar-refractivity contribution < 1.29 is 56.8 Å². The molecule has 0 saturated heterocycles. The molecule has 4 aromatic rings. The minimum Gasteiger partial charge on any atom is -0.487 e. The first kappa shape index (κ1) is 44.0. The maximum atomic E-state index is 6.16. The summed E-state index contributed by atoms with van der Waals surface area (Å²) in [5, 5.41) is 0. The smallest absolute Gasteiger partial charge is 0.161 e. The molecule has 2 heterocycles. The van der Waals surface area contributed by atoms with Gasteiger partial charge in [-0.05, 0) is 46.5 Å². The molecule has 2 bridgehead atoms. The Morgan fingerprint density at radius 3 is 0.776 bits per heavy atom. The maximum absolute atomic E-state index is 6.16. The third-order valence-corrected chi connectivity index (χ3v) is 11.4. The van der Waals surface area contributed by atoms with Crippen molar-refractivity contribution in [2.45, 2.75) is 36.2 Å². The van der Waals surface area contributed by atoms with Crippen LogP contribution in [-0.2, 0) is 64.3 Å². The normalized spacial score (nSPS) is 18.6. The standard InChI is InChI=1S/C44H54O12S2/c1-2-12-40-39(11-1)53-27-23-45-15-19-49-31-35-7-5-9-37-33-51-21-17-47-25-29-55-41-13-3-4-14-42(41)56-30-26-48-18-22-52-34-38-10-6-8-36(44(38)58-57-43(35)37)32-50-20-16-46-24-28-54-40/h1-14H,15-34H2. The van der Waals surface area contributed by atoms with Crippen LogP contribution in [0, 0.1) is 0 Å². The highest BCUT2D eigenvalue weighted by atomic mass is 33.1. The molecule has 12 nitrogen and oxygen atoms in total. The summed E-state index contributed by atoms with van der Waals surface area (Å²) in [6, 6.07) is 27.7. The number of hydrogen-bond donors (Lipinski definition) is 0. The molecular formula is C44H54O12S2. The van der Waals surface area contributed by atoms with Crippen molar-refractivity contribution in [3.63, 3.8) is 0 Å². The highest BCUT2D eigenvalue weighted by molar-refractivity contribution is 8.76. The number of hydrogen-bond acceptors (Lipinski definition) is 14. The summed E-state index contributed by atoms with van der Waals surface area (Å²) in [5.41, 5.74) is 4.25. The molecule has 0 spiro atoms. The first-order valence-corrected chi connectivity index (χ1v) is 21.9. The summed E-state index contributed by atoms with van der Waals surface area (Å²) in [5.74, 6) is 2.66. The molecule has 0 unspecified atom stereocenters. The Morgan fingerprint density at radius 1 is 0.259 bits per heavy atom. The number of ether oxygens (including phenoxy) is 12. The molecule has 0 atom stereocenters. The first-order chi connectivity index (χ1) is 28.8. The van der Waals surface area contributed by atoms with Crippen LogP contribution in [0.5, 0.6) is 23.0 Å². The van der Waals surface area contributed by atoms with Gasteiger partial charge in [0, 0.05) is 9.79 Å². The van der Waals surface area contributed by atoms with E-state index in [1.165, 1.54) is 0 Å². The predicted molar refractivity (Wildman–Crippen MR) is 221 cm³/mol. The Kier molecular flexibility index (Phi) is 20.1. The quantitative estimate of drug-likeness (QED) is 0.163.